The van der Waals surface area contributed by atoms with Crippen LogP contribution in [0, 0.1) is 20.8 Å². The summed E-state index contributed by atoms with van der Waals surface area (Å²) in [7, 11) is 0. The average molecular weight is 364 g/mol. The molecule has 0 fully saturated rings. The summed E-state index contributed by atoms with van der Waals surface area (Å²) in [6, 6.07) is 11.9. The fourth-order valence-electron chi connectivity index (χ4n) is 2.26. The second kappa shape index (κ2) is 7.14. The van der Waals surface area contributed by atoms with Crippen LogP contribution in [0.3, 0.4) is 0 Å². The van der Waals surface area contributed by atoms with E-state index in [0.717, 1.165) is 10.2 Å². The number of halogens is 1. The highest BCUT2D eigenvalue weighted by molar-refractivity contribution is 9.10. The molecule has 0 atom stereocenters. The molecule has 0 unspecified atom stereocenters. The molecule has 21 heavy (non-hydrogen) atoms. The van der Waals surface area contributed by atoms with Crippen molar-refractivity contribution in [1.29, 1.82) is 0 Å². The van der Waals surface area contributed by atoms with E-state index in [4.69, 9.17) is 0 Å². The molecule has 0 bridgehead atoms. The van der Waals surface area contributed by atoms with E-state index in [1.807, 2.05) is 24.3 Å². The Kier molecular flexibility index (Phi) is 5.48. The van der Waals surface area contributed by atoms with Gasteiger partial charge in [0.1, 0.15) is 0 Å². The van der Waals surface area contributed by atoms with Gasteiger partial charge in [0.15, 0.2) is 0 Å². The normalized spacial score (nSPS) is 10.5. The molecule has 4 heteroatoms. The molecule has 0 spiro atoms. The number of carbonyl (C=O) groups is 1. The summed E-state index contributed by atoms with van der Waals surface area (Å²) in [6.07, 6.45) is 0. The highest BCUT2D eigenvalue weighted by Gasteiger charge is 2.08. The van der Waals surface area contributed by atoms with Gasteiger partial charge < -0.3 is 5.32 Å². The van der Waals surface area contributed by atoms with Gasteiger partial charge in [-0.05, 0) is 56.2 Å². The minimum Gasteiger partial charge on any atom is -0.325 e. The molecule has 0 radical (unpaired) electrons. The lowest BCUT2D eigenvalue weighted by molar-refractivity contribution is -0.113. The lowest BCUT2D eigenvalue weighted by atomic mass is 10.1. The maximum Gasteiger partial charge on any atom is 0.234 e. The second-order valence-electron chi connectivity index (χ2n) is 5.07. The maximum atomic E-state index is 12.0. The SMILES string of the molecule is Cc1cc(C)c(SCC(=O)Nc2ccc(Br)cc2)c(C)c1. The Balaban J connectivity index is 1.97. The number of hydrogen-bond donors (Lipinski definition) is 1. The van der Waals surface area contributed by atoms with Crippen molar-refractivity contribution in [3.05, 3.63) is 57.6 Å². The van der Waals surface area contributed by atoms with E-state index in [0.29, 0.717) is 5.75 Å². The van der Waals surface area contributed by atoms with E-state index in [2.05, 4.69) is 54.2 Å². The highest BCUT2D eigenvalue weighted by atomic mass is 79.9. The third-order valence-electron chi connectivity index (χ3n) is 3.08. The highest BCUT2D eigenvalue weighted by Crippen LogP contribution is 2.27. The minimum absolute atomic E-state index is 0.0155. The van der Waals surface area contributed by atoms with Crippen molar-refractivity contribution in [1.82, 2.24) is 0 Å². The van der Waals surface area contributed by atoms with E-state index < -0.39 is 0 Å². The molecule has 2 nitrogen and oxygen atoms in total. The van der Waals surface area contributed by atoms with Crippen LogP contribution in [0.25, 0.3) is 0 Å². The zero-order valence-corrected chi connectivity index (χ0v) is 14.8. The zero-order valence-electron chi connectivity index (χ0n) is 12.4. The summed E-state index contributed by atoms with van der Waals surface area (Å²) in [6.45, 7) is 6.28. The monoisotopic (exact) mass is 363 g/mol. The number of rotatable bonds is 4. The number of aryl methyl sites for hydroxylation is 3. The number of hydrogen-bond acceptors (Lipinski definition) is 2. The van der Waals surface area contributed by atoms with E-state index in [1.54, 1.807) is 11.8 Å². The van der Waals surface area contributed by atoms with Crippen molar-refractivity contribution < 1.29 is 4.79 Å². The van der Waals surface area contributed by atoms with Crippen LogP contribution in [0.15, 0.2) is 45.8 Å². The largest absolute Gasteiger partial charge is 0.325 e. The van der Waals surface area contributed by atoms with E-state index in [9.17, 15) is 4.79 Å². The summed E-state index contributed by atoms with van der Waals surface area (Å²) < 4.78 is 1.00. The van der Waals surface area contributed by atoms with Crippen LogP contribution >= 0.6 is 27.7 Å². The standard InChI is InChI=1S/C17H18BrNOS/c1-11-8-12(2)17(13(3)9-11)21-10-16(20)19-15-6-4-14(18)5-7-15/h4-9H,10H2,1-3H3,(H,19,20). The molecule has 110 valence electrons. The van der Waals surface area contributed by atoms with Crippen LogP contribution in [0.1, 0.15) is 16.7 Å². The third kappa shape index (κ3) is 4.61. The quantitative estimate of drug-likeness (QED) is 0.765. The molecule has 1 amide bonds. The molecule has 0 heterocycles. The van der Waals surface area contributed by atoms with Gasteiger partial charge in [0, 0.05) is 15.1 Å². The van der Waals surface area contributed by atoms with Crippen molar-refractivity contribution in [2.75, 3.05) is 11.1 Å². The van der Waals surface area contributed by atoms with Gasteiger partial charge in [-0.1, -0.05) is 33.6 Å². The van der Waals surface area contributed by atoms with E-state index in [-0.39, 0.29) is 5.91 Å². The molecule has 0 saturated heterocycles. The van der Waals surface area contributed by atoms with Crippen LogP contribution in [0.5, 0.6) is 0 Å². The number of anilines is 1. The topological polar surface area (TPSA) is 29.1 Å². The van der Waals surface area contributed by atoms with Crippen molar-refractivity contribution in [2.45, 2.75) is 25.7 Å². The first-order chi connectivity index (χ1) is 9.95. The smallest absolute Gasteiger partial charge is 0.234 e. The van der Waals surface area contributed by atoms with Crippen LogP contribution < -0.4 is 5.32 Å². The number of nitrogens with one attached hydrogen (secondary N) is 1. The Morgan fingerprint density at radius 3 is 2.24 bits per heavy atom. The van der Waals surface area contributed by atoms with Gasteiger partial charge >= 0.3 is 0 Å². The predicted molar refractivity (Wildman–Crippen MR) is 94.1 cm³/mol. The number of thioether (sulfide) groups is 1. The second-order valence-corrected chi connectivity index (χ2v) is 6.97. The zero-order chi connectivity index (χ0) is 15.4. The van der Waals surface area contributed by atoms with Crippen LogP contribution in [0.2, 0.25) is 0 Å². The van der Waals surface area contributed by atoms with Crippen molar-refractivity contribution in [3.63, 3.8) is 0 Å². The Morgan fingerprint density at radius 1 is 1.10 bits per heavy atom. The minimum atomic E-state index is 0.0155. The molecule has 0 aliphatic carbocycles. The van der Waals surface area contributed by atoms with Gasteiger partial charge in [0.25, 0.3) is 0 Å². The van der Waals surface area contributed by atoms with Gasteiger partial charge in [0.05, 0.1) is 5.75 Å². The summed E-state index contributed by atoms with van der Waals surface area (Å²) >= 11 is 4.97. The Bertz CT molecular complexity index is 629. The fraction of sp³-hybridized carbons (Fsp3) is 0.235. The van der Waals surface area contributed by atoms with Crippen LogP contribution in [0.4, 0.5) is 5.69 Å². The molecule has 1 N–H and O–H groups in total. The number of benzene rings is 2. The Morgan fingerprint density at radius 2 is 1.67 bits per heavy atom. The molecular formula is C17H18BrNOS. The molecule has 0 aromatic heterocycles. The average Bonchev–Trinajstić information content (AvgIpc) is 2.40. The van der Waals surface area contributed by atoms with Gasteiger partial charge in [-0.25, -0.2) is 0 Å². The third-order valence-corrected chi connectivity index (χ3v) is 4.95. The predicted octanol–water partition coefficient (Wildman–Crippen LogP) is 5.11. The molecule has 0 aliphatic heterocycles. The molecular weight excluding hydrogens is 346 g/mol. The molecule has 0 saturated carbocycles. The lowest BCUT2D eigenvalue weighted by Gasteiger charge is -2.11. The fourth-order valence-corrected chi connectivity index (χ4v) is 3.45. The first-order valence-electron chi connectivity index (χ1n) is 6.72. The molecule has 0 aliphatic rings. The molecule has 2 rings (SSSR count). The first-order valence-corrected chi connectivity index (χ1v) is 8.49. The van der Waals surface area contributed by atoms with Crippen LogP contribution in [-0.2, 0) is 4.79 Å². The Hall–Kier alpha value is -1.26. The van der Waals surface area contributed by atoms with E-state index >= 15 is 0 Å². The summed E-state index contributed by atoms with van der Waals surface area (Å²) in [5.74, 6) is 0.433. The van der Waals surface area contributed by atoms with Crippen LogP contribution in [-0.4, -0.2) is 11.7 Å². The maximum absolute atomic E-state index is 12.0. The Labute approximate surface area is 138 Å². The summed E-state index contributed by atoms with van der Waals surface area (Å²) in [5.41, 5.74) is 4.54. The molecule has 2 aromatic rings. The van der Waals surface area contributed by atoms with Gasteiger partial charge in [-0.3, -0.25) is 4.79 Å². The van der Waals surface area contributed by atoms with Crippen molar-refractivity contribution in [3.8, 4) is 0 Å². The lowest BCUT2D eigenvalue weighted by Crippen LogP contribution is -2.14. The number of amides is 1. The van der Waals surface area contributed by atoms with Gasteiger partial charge in [0.2, 0.25) is 5.91 Å². The van der Waals surface area contributed by atoms with E-state index in [1.165, 1.54) is 21.6 Å². The summed E-state index contributed by atoms with van der Waals surface area (Å²) in [4.78, 5) is 13.2. The summed E-state index contributed by atoms with van der Waals surface area (Å²) in [5, 5.41) is 2.91. The van der Waals surface area contributed by atoms with Crippen molar-refractivity contribution in [2.24, 2.45) is 0 Å². The first kappa shape index (κ1) is 16.1. The molecule has 2 aromatic carbocycles. The van der Waals surface area contributed by atoms with Gasteiger partial charge in [-0.2, -0.15) is 0 Å². The van der Waals surface area contributed by atoms with Gasteiger partial charge in [-0.15, -0.1) is 11.8 Å². The number of carbonyl (C=O) groups excluding carboxylic acids is 1. The van der Waals surface area contributed by atoms with Crippen molar-refractivity contribution >= 4 is 39.3 Å².